The quantitative estimate of drug-likeness (QED) is 0.748. The highest BCUT2D eigenvalue weighted by atomic mass is 19.4. The Balaban J connectivity index is 1.93. The van der Waals surface area contributed by atoms with Gasteiger partial charge in [0.25, 0.3) is 0 Å². The van der Waals surface area contributed by atoms with Crippen LogP contribution in [0.25, 0.3) is 0 Å². The summed E-state index contributed by atoms with van der Waals surface area (Å²) in [5, 5.41) is 6.82. The molecule has 1 saturated heterocycles. The molecule has 2 N–H and O–H groups in total. The maximum absolute atomic E-state index is 13.1. The molecule has 2 aliphatic heterocycles. The van der Waals surface area contributed by atoms with Crippen molar-refractivity contribution >= 4 is 17.2 Å². The molecule has 1 spiro atoms. The number of anilines is 2. The van der Waals surface area contributed by atoms with Gasteiger partial charge in [-0.3, -0.25) is 4.99 Å². The average molecular weight is 377 g/mol. The predicted octanol–water partition coefficient (Wildman–Crippen LogP) is 4.70. The fraction of sp³-hybridized carbons (Fsp3) is 0.350. The summed E-state index contributed by atoms with van der Waals surface area (Å²) in [6.07, 6.45) is -0.530. The third-order valence-corrected chi connectivity index (χ3v) is 4.81. The van der Waals surface area contributed by atoms with Crippen LogP contribution < -0.4 is 10.6 Å². The van der Waals surface area contributed by atoms with E-state index in [1.54, 1.807) is 0 Å². The van der Waals surface area contributed by atoms with Gasteiger partial charge in [0.2, 0.25) is 0 Å². The summed E-state index contributed by atoms with van der Waals surface area (Å²) in [5.74, 6) is 0.620. The van der Waals surface area contributed by atoms with Gasteiger partial charge in [-0.2, -0.15) is 13.2 Å². The van der Waals surface area contributed by atoms with Gasteiger partial charge in [0.1, 0.15) is 5.84 Å². The zero-order chi connectivity index (χ0) is 19.5. The maximum atomic E-state index is 13.1. The highest BCUT2D eigenvalue weighted by Gasteiger charge is 2.41. The van der Waals surface area contributed by atoms with Gasteiger partial charge < -0.3 is 15.4 Å². The van der Waals surface area contributed by atoms with Crippen molar-refractivity contribution in [2.24, 2.45) is 4.99 Å². The largest absolute Gasteiger partial charge is 0.416 e. The first-order valence-electron chi connectivity index (χ1n) is 8.71. The number of nitrogens with zero attached hydrogens (tertiary/aromatic N) is 1. The van der Waals surface area contributed by atoms with Gasteiger partial charge in [-0.25, -0.2) is 0 Å². The van der Waals surface area contributed by atoms with E-state index >= 15 is 0 Å². The molecule has 0 aliphatic carbocycles. The van der Waals surface area contributed by atoms with E-state index in [2.05, 4.69) is 28.8 Å². The van der Waals surface area contributed by atoms with Crippen molar-refractivity contribution in [1.29, 1.82) is 0 Å². The number of benzene rings is 1. The lowest BCUT2D eigenvalue weighted by atomic mass is 9.86. The number of ether oxygens (including phenoxy) is 1. The number of allylic oxidation sites excluding steroid dienone is 2. The summed E-state index contributed by atoms with van der Waals surface area (Å²) in [6.45, 7) is 7.65. The molecular formula is C20H22F3N3O. The van der Waals surface area contributed by atoms with Crippen molar-refractivity contribution in [3.05, 3.63) is 60.7 Å². The molecular weight excluding hydrogens is 355 g/mol. The summed E-state index contributed by atoms with van der Waals surface area (Å²) in [5.41, 5.74) is 0.396. The van der Waals surface area contributed by atoms with Gasteiger partial charge >= 0.3 is 6.18 Å². The Labute approximate surface area is 156 Å². The van der Waals surface area contributed by atoms with Crippen LogP contribution in [0.15, 0.2) is 65.7 Å². The van der Waals surface area contributed by atoms with Gasteiger partial charge in [-0.15, -0.1) is 0 Å². The lowest BCUT2D eigenvalue weighted by Gasteiger charge is -2.43. The molecule has 0 bridgehead atoms. The van der Waals surface area contributed by atoms with E-state index in [1.807, 2.05) is 24.3 Å². The van der Waals surface area contributed by atoms with Gasteiger partial charge in [-0.1, -0.05) is 37.4 Å². The van der Waals surface area contributed by atoms with Crippen LogP contribution in [0.5, 0.6) is 0 Å². The number of hydrogen-bond acceptors (Lipinski definition) is 3. The van der Waals surface area contributed by atoms with Crippen molar-refractivity contribution in [1.82, 2.24) is 0 Å². The Hall–Kier alpha value is -2.54. The van der Waals surface area contributed by atoms with Crippen molar-refractivity contribution in [3.63, 3.8) is 0 Å². The molecule has 0 saturated carbocycles. The minimum absolute atomic E-state index is 0.00660. The number of rotatable bonds is 4. The molecule has 3 rings (SSSR count). The summed E-state index contributed by atoms with van der Waals surface area (Å²) in [7, 11) is 0. The van der Waals surface area contributed by atoms with E-state index in [0.29, 0.717) is 31.9 Å². The second-order valence-electron chi connectivity index (χ2n) is 6.56. The Kier molecular flexibility index (Phi) is 5.41. The summed E-state index contributed by atoms with van der Waals surface area (Å²) in [4.78, 5) is 4.52. The third-order valence-electron chi connectivity index (χ3n) is 4.81. The number of hydrogen-bond donors (Lipinski definition) is 2. The van der Waals surface area contributed by atoms with Crippen LogP contribution in [0.3, 0.4) is 0 Å². The van der Waals surface area contributed by atoms with E-state index in [9.17, 15) is 13.2 Å². The summed E-state index contributed by atoms with van der Waals surface area (Å²) < 4.78 is 44.7. The monoisotopic (exact) mass is 377 g/mol. The van der Waals surface area contributed by atoms with Crippen LogP contribution in [0.4, 0.5) is 24.5 Å². The molecule has 0 atom stereocenters. The van der Waals surface area contributed by atoms with Crippen molar-refractivity contribution < 1.29 is 17.9 Å². The van der Waals surface area contributed by atoms with Crippen molar-refractivity contribution in [2.45, 2.75) is 24.6 Å². The Bertz CT molecular complexity index is 790. The number of amidine groups is 1. The van der Waals surface area contributed by atoms with Crippen LogP contribution in [-0.4, -0.2) is 37.3 Å². The van der Waals surface area contributed by atoms with Gasteiger partial charge in [-0.05, 0) is 17.7 Å². The minimum atomic E-state index is -4.50. The number of nitrogens with one attached hydrogen (secondary N) is 2. The lowest BCUT2D eigenvalue weighted by Crippen LogP contribution is -2.55. The number of halogens is 3. The Morgan fingerprint density at radius 1 is 1.22 bits per heavy atom. The summed E-state index contributed by atoms with van der Waals surface area (Å²) >= 11 is 0. The van der Waals surface area contributed by atoms with E-state index in [1.165, 1.54) is 12.2 Å². The smallest absolute Gasteiger partial charge is 0.381 e. The SMILES string of the molecule is C=C/C=C(/CN=C1Nc2ccccc2NC12CCOCC2)C(=C)C(F)(F)F. The summed E-state index contributed by atoms with van der Waals surface area (Å²) in [6, 6.07) is 7.69. The maximum Gasteiger partial charge on any atom is 0.416 e. The van der Waals surface area contributed by atoms with E-state index < -0.39 is 17.3 Å². The van der Waals surface area contributed by atoms with E-state index in [4.69, 9.17) is 4.74 Å². The second kappa shape index (κ2) is 7.60. The zero-order valence-electron chi connectivity index (χ0n) is 14.9. The predicted molar refractivity (Wildman–Crippen MR) is 102 cm³/mol. The molecule has 0 aromatic heterocycles. The zero-order valence-corrected chi connectivity index (χ0v) is 14.9. The van der Waals surface area contributed by atoms with Crippen LogP contribution in [-0.2, 0) is 4.74 Å². The van der Waals surface area contributed by atoms with Crippen molar-refractivity contribution in [2.75, 3.05) is 30.4 Å². The lowest BCUT2D eigenvalue weighted by molar-refractivity contribution is -0.0890. The van der Waals surface area contributed by atoms with Crippen LogP contribution in [0.1, 0.15) is 12.8 Å². The first-order chi connectivity index (χ1) is 12.9. The number of fused-ring (bicyclic) bond motifs is 1. The average Bonchev–Trinajstić information content (AvgIpc) is 2.64. The third kappa shape index (κ3) is 4.08. The minimum Gasteiger partial charge on any atom is -0.381 e. The van der Waals surface area contributed by atoms with E-state index in [0.717, 1.165) is 11.4 Å². The molecule has 144 valence electrons. The molecule has 1 aromatic carbocycles. The Morgan fingerprint density at radius 3 is 2.52 bits per heavy atom. The molecule has 2 heterocycles. The van der Waals surface area contributed by atoms with E-state index in [-0.39, 0.29) is 12.1 Å². The van der Waals surface area contributed by atoms with Crippen LogP contribution >= 0.6 is 0 Å². The molecule has 27 heavy (non-hydrogen) atoms. The fourth-order valence-corrected chi connectivity index (χ4v) is 3.28. The van der Waals surface area contributed by atoms with Crippen LogP contribution in [0.2, 0.25) is 0 Å². The molecule has 0 radical (unpaired) electrons. The Morgan fingerprint density at radius 2 is 1.89 bits per heavy atom. The molecule has 1 fully saturated rings. The first-order valence-corrected chi connectivity index (χ1v) is 8.71. The number of aliphatic imine (C=N–C) groups is 1. The fourth-order valence-electron chi connectivity index (χ4n) is 3.28. The second-order valence-corrected chi connectivity index (χ2v) is 6.56. The highest BCUT2D eigenvalue weighted by molar-refractivity contribution is 6.09. The van der Waals surface area contributed by atoms with Gasteiger partial charge in [0, 0.05) is 26.1 Å². The molecule has 4 nitrogen and oxygen atoms in total. The molecule has 1 aromatic rings. The first kappa shape index (κ1) is 19.2. The standard InChI is InChI=1S/C20H22F3N3O/c1-3-6-15(14(2)20(21,22)23)13-24-18-19(9-11-27-12-10-19)26-17-8-5-4-7-16(17)25-18/h3-8,26H,1-2,9-13H2,(H,24,25)/b15-6-. The topological polar surface area (TPSA) is 45.7 Å². The normalized spacial score (nSPS) is 20.6. The molecule has 0 amide bonds. The highest BCUT2D eigenvalue weighted by Crippen LogP contribution is 2.37. The number of para-hydroxylation sites is 2. The number of alkyl halides is 3. The molecule has 0 unspecified atom stereocenters. The van der Waals surface area contributed by atoms with Crippen molar-refractivity contribution in [3.8, 4) is 0 Å². The van der Waals surface area contributed by atoms with Crippen LogP contribution in [0, 0.1) is 0 Å². The van der Waals surface area contributed by atoms with Gasteiger partial charge in [0.05, 0.1) is 29.0 Å². The molecule has 7 heteroatoms. The van der Waals surface area contributed by atoms with Gasteiger partial charge in [0.15, 0.2) is 0 Å². The molecule has 2 aliphatic rings.